The van der Waals surface area contributed by atoms with Gasteiger partial charge in [0.25, 0.3) is 11.5 Å². The van der Waals surface area contributed by atoms with Gasteiger partial charge in [-0.3, -0.25) is 14.4 Å². The van der Waals surface area contributed by atoms with Gasteiger partial charge < -0.3 is 19.8 Å². The first-order valence-corrected chi connectivity index (χ1v) is 9.71. The molecule has 0 saturated carbocycles. The molecule has 0 atom stereocenters. The number of carbonyl (C=O) groups is 2. The van der Waals surface area contributed by atoms with Gasteiger partial charge in [-0.2, -0.15) is 0 Å². The van der Waals surface area contributed by atoms with E-state index in [2.05, 4.69) is 15.3 Å². The van der Waals surface area contributed by atoms with Gasteiger partial charge in [0.1, 0.15) is 5.75 Å². The topological polar surface area (TPSA) is 110 Å². The summed E-state index contributed by atoms with van der Waals surface area (Å²) in [6, 6.07) is 14.1. The molecular weight excluding hydrogens is 386 g/mol. The normalized spacial score (nSPS) is 10.6. The molecule has 156 valence electrons. The Morgan fingerprint density at radius 3 is 2.80 bits per heavy atom. The van der Waals surface area contributed by atoms with Gasteiger partial charge >= 0.3 is 5.97 Å². The third-order valence-electron chi connectivity index (χ3n) is 4.28. The number of nitrogens with one attached hydrogen (secondary N) is 2. The highest BCUT2D eigenvalue weighted by Crippen LogP contribution is 2.14. The standard InChI is InChI=1S/C22H23N3O5/c1-2-29-19(26)11-6-12-30-16-8-5-7-15(13-16)14-23-22(28)20-24-18-10-4-3-9-17(18)21(27)25-20/h3-5,7-10,13H,2,6,11-12,14H2,1H3,(H,23,28)(H,24,25,27). The lowest BCUT2D eigenvalue weighted by Gasteiger charge is -2.09. The van der Waals surface area contributed by atoms with Crippen molar-refractivity contribution in [3.8, 4) is 5.75 Å². The Morgan fingerprint density at radius 1 is 1.13 bits per heavy atom. The average molecular weight is 409 g/mol. The fourth-order valence-corrected chi connectivity index (χ4v) is 2.84. The van der Waals surface area contributed by atoms with Crippen LogP contribution in [0.4, 0.5) is 0 Å². The highest BCUT2D eigenvalue weighted by atomic mass is 16.5. The van der Waals surface area contributed by atoms with Crippen molar-refractivity contribution >= 4 is 22.8 Å². The van der Waals surface area contributed by atoms with Gasteiger partial charge in [-0.15, -0.1) is 0 Å². The number of rotatable bonds is 9. The molecule has 0 aliphatic heterocycles. The maximum absolute atomic E-state index is 12.4. The van der Waals surface area contributed by atoms with Crippen LogP contribution in [-0.2, 0) is 16.1 Å². The van der Waals surface area contributed by atoms with Crippen LogP contribution in [0, 0.1) is 0 Å². The highest BCUT2D eigenvalue weighted by Gasteiger charge is 2.11. The first-order valence-electron chi connectivity index (χ1n) is 9.71. The van der Waals surface area contributed by atoms with E-state index in [1.807, 2.05) is 12.1 Å². The molecule has 0 aliphatic carbocycles. The molecule has 2 aromatic carbocycles. The molecule has 1 aromatic heterocycles. The molecule has 0 fully saturated rings. The van der Waals surface area contributed by atoms with Crippen molar-refractivity contribution in [2.45, 2.75) is 26.3 Å². The van der Waals surface area contributed by atoms with Gasteiger partial charge in [0.05, 0.1) is 24.1 Å². The lowest BCUT2D eigenvalue weighted by Crippen LogP contribution is -2.27. The molecule has 1 heterocycles. The number of esters is 1. The van der Waals surface area contributed by atoms with Gasteiger partial charge in [-0.1, -0.05) is 24.3 Å². The maximum atomic E-state index is 12.4. The summed E-state index contributed by atoms with van der Waals surface area (Å²) in [7, 11) is 0. The fourth-order valence-electron chi connectivity index (χ4n) is 2.84. The highest BCUT2D eigenvalue weighted by molar-refractivity contribution is 5.92. The van der Waals surface area contributed by atoms with Crippen molar-refractivity contribution in [2.75, 3.05) is 13.2 Å². The van der Waals surface area contributed by atoms with Gasteiger partial charge in [0.15, 0.2) is 5.82 Å². The van der Waals surface area contributed by atoms with Crippen LogP contribution in [0.5, 0.6) is 5.75 Å². The molecule has 30 heavy (non-hydrogen) atoms. The quantitative estimate of drug-likeness (QED) is 0.415. The Hall–Kier alpha value is -3.68. The molecule has 1 amide bonds. The lowest BCUT2D eigenvalue weighted by atomic mass is 10.2. The van der Waals surface area contributed by atoms with E-state index in [1.165, 1.54) is 0 Å². The van der Waals surface area contributed by atoms with Crippen molar-refractivity contribution in [3.63, 3.8) is 0 Å². The van der Waals surface area contributed by atoms with E-state index in [1.54, 1.807) is 43.3 Å². The minimum absolute atomic E-state index is 0.0370. The van der Waals surface area contributed by atoms with E-state index in [9.17, 15) is 14.4 Å². The van der Waals surface area contributed by atoms with Crippen molar-refractivity contribution in [3.05, 3.63) is 70.3 Å². The van der Waals surface area contributed by atoms with E-state index in [0.29, 0.717) is 42.7 Å². The predicted molar refractivity (Wildman–Crippen MR) is 111 cm³/mol. The number of carbonyl (C=O) groups excluding carboxylic acids is 2. The molecule has 0 unspecified atom stereocenters. The number of aromatic nitrogens is 2. The second kappa shape index (κ2) is 10.2. The van der Waals surface area contributed by atoms with Crippen LogP contribution < -0.4 is 15.6 Å². The third-order valence-corrected chi connectivity index (χ3v) is 4.28. The van der Waals surface area contributed by atoms with Gasteiger partial charge in [0.2, 0.25) is 0 Å². The minimum atomic E-state index is -0.474. The van der Waals surface area contributed by atoms with Gasteiger partial charge in [-0.05, 0) is 43.2 Å². The molecule has 0 radical (unpaired) electrons. The Balaban J connectivity index is 1.54. The van der Waals surface area contributed by atoms with Crippen LogP contribution in [0.25, 0.3) is 10.9 Å². The van der Waals surface area contributed by atoms with Crippen molar-refractivity contribution < 1.29 is 19.1 Å². The van der Waals surface area contributed by atoms with E-state index >= 15 is 0 Å². The fraction of sp³-hybridized carbons (Fsp3) is 0.273. The van der Waals surface area contributed by atoms with Gasteiger partial charge in [-0.25, -0.2) is 4.98 Å². The molecule has 0 spiro atoms. The monoisotopic (exact) mass is 409 g/mol. The van der Waals surface area contributed by atoms with Crippen molar-refractivity contribution in [1.82, 2.24) is 15.3 Å². The molecule has 8 nitrogen and oxygen atoms in total. The zero-order chi connectivity index (χ0) is 21.3. The van der Waals surface area contributed by atoms with Gasteiger partial charge in [0, 0.05) is 13.0 Å². The maximum Gasteiger partial charge on any atom is 0.305 e. The molecule has 2 N–H and O–H groups in total. The van der Waals surface area contributed by atoms with E-state index < -0.39 is 5.91 Å². The minimum Gasteiger partial charge on any atom is -0.494 e. The summed E-state index contributed by atoms with van der Waals surface area (Å²) in [6.07, 6.45) is 0.862. The van der Waals surface area contributed by atoms with E-state index in [-0.39, 0.29) is 23.9 Å². The largest absolute Gasteiger partial charge is 0.494 e. The number of hydrogen-bond acceptors (Lipinski definition) is 6. The number of hydrogen-bond donors (Lipinski definition) is 2. The van der Waals surface area contributed by atoms with Crippen LogP contribution in [0.3, 0.4) is 0 Å². The summed E-state index contributed by atoms with van der Waals surface area (Å²) in [5.74, 6) is -0.107. The Bertz CT molecular complexity index is 1090. The van der Waals surface area contributed by atoms with E-state index in [0.717, 1.165) is 5.56 Å². The molecule has 8 heteroatoms. The number of benzene rings is 2. The lowest BCUT2D eigenvalue weighted by molar-refractivity contribution is -0.143. The number of amides is 1. The second-order valence-electron chi connectivity index (χ2n) is 6.52. The summed E-state index contributed by atoms with van der Waals surface area (Å²) in [6.45, 7) is 2.77. The van der Waals surface area contributed by atoms with Crippen LogP contribution in [0.2, 0.25) is 0 Å². The summed E-state index contributed by atoms with van der Waals surface area (Å²) >= 11 is 0. The Morgan fingerprint density at radius 2 is 1.97 bits per heavy atom. The zero-order valence-corrected chi connectivity index (χ0v) is 16.6. The van der Waals surface area contributed by atoms with Crippen LogP contribution in [-0.4, -0.2) is 35.1 Å². The average Bonchev–Trinajstić information content (AvgIpc) is 2.75. The molecule has 3 rings (SSSR count). The summed E-state index contributed by atoms with van der Waals surface area (Å²) in [5, 5.41) is 3.17. The number of nitrogens with zero attached hydrogens (tertiary/aromatic N) is 1. The third kappa shape index (κ3) is 5.66. The molecule has 0 bridgehead atoms. The van der Waals surface area contributed by atoms with Crippen molar-refractivity contribution in [1.29, 1.82) is 0 Å². The first kappa shape index (κ1) is 21.0. The Labute approximate surface area is 173 Å². The zero-order valence-electron chi connectivity index (χ0n) is 16.6. The molecule has 3 aromatic rings. The number of para-hydroxylation sites is 1. The number of H-pyrrole nitrogens is 1. The smallest absolute Gasteiger partial charge is 0.305 e. The van der Waals surface area contributed by atoms with Crippen LogP contribution >= 0.6 is 0 Å². The second-order valence-corrected chi connectivity index (χ2v) is 6.52. The predicted octanol–water partition coefficient (Wildman–Crippen LogP) is 2.58. The number of ether oxygens (including phenoxy) is 2. The Kier molecular flexibility index (Phi) is 7.15. The SMILES string of the molecule is CCOC(=O)CCCOc1cccc(CNC(=O)c2nc3ccccc3c(=O)[nH]2)c1. The summed E-state index contributed by atoms with van der Waals surface area (Å²) < 4.78 is 10.5. The van der Waals surface area contributed by atoms with Crippen molar-refractivity contribution in [2.24, 2.45) is 0 Å². The number of aromatic amines is 1. The summed E-state index contributed by atoms with van der Waals surface area (Å²) in [4.78, 5) is 42.6. The first-order chi connectivity index (χ1) is 14.6. The molecule has 0 saturated heterocycles. The van der Waals surface area contributed by atoms with E-state index in [4.69, 9.17) is 9.47 Å². The molecular formula is C22H23N3O5. The van der Waals surface area contributed by atoms with Crippen LogP contribution in [0.15, 0.2) is 53.3 Å². The molecule has 0 aliphatic rings. The summed E-state index contributed by atoms with van der Waals surface area (Å²) in [5.41, 5.74) is 0.933. The van der Waals surface area contributed by atoms with Crippen LogP contribution in [0.1, 0.15) is 35.9 Å². The number of fused-ring (bicyclic) bond motifs is 1.